The highest BCUT2D eigenvalue weighted by Crippen LogP contribution is 2.36. The highest BCUT2D eigenvalue weighted by atomic mass is 16.5. The second kappa shape index (κ2) is 6.29. The molecule has 0 N–H and O–H groups in total. The molecule has 2 aliphatic rings. The minimum absolute atomic E-state index is 0.0887. The number of carbonyl (C=O) groups excluding carboxylic acids is 2. The van der Waals surface area contributed by atoms with Crippen molar-refractivity contribution in [2.75, 3.05) is 40.4 Å². The van der Waals surface area contributed by atoms with Gasteiger partial charge in [-0.15, -0.1) is 0 Å². The summed E-state index contributed by atoms with van der Waals surface area (Å²) in [4.78, 5) is 30.3. The summed E-state index contributed by atoms with van der Waals surface area (Å²) in [5, 5.41) is 0. The Morgan fingerprint density at radius 2 is 1.96 bits per heavy atom. The third kappa shape index (κ3) is 2.72. The normalized spacial score (nSPS) is 25.1. The lowest BCUT2D eigenvalue weighted by Crippen LogP contribution is -2.52. The maximum Gasteiger partial charge on any atom is 0.327 e. The van der Waals surface area contributed by atoms with E-state index in [1.165, 1.54) is 10.5 Å². The number of likely N-dealkylation sites (tertiary alicyclic amines) is 1. The van der Waals surface area contributed by atoms with Crippen LogP contribution in [0.1, 0.15) is 12.0 Å². The third-order valence-electron chi connectivity index (χ3n) is 4.83. The number of benzene rings is 1. The van der Waals surface area contributed by atoms with Crippen molar-refractivity contribution in [3.05, 3.63) is 35.9 Å². The Morgan fingerprint density at radius 3 is 2.65 bits per heavy atom. The van der Waals surface area contributed by atoms with E-state index in [1.54, 1.807) is 19.1 Å². The Hall–Kier alpha value is -1.92. The van der Waals surface area contributed by atoms with Crippen molar-refractivity contribution in [1.82, 2.24) is 14.7 Å². The first-order chi connectivity index (χ1) is 11.1. The summed E-state index contributed by atoms with van der Waals surface area (Å²) in [7, 11) is 3.17. The number of rotatable bonds is 5. The molecule has 1 aromatic carbocycles. The first-order valence-electron chi connectivity index (χ1n) is 7.93. The molecule has 2 heterocycles. The molecule has 1 spiro atoms. The summed E-state index contributed by atoms with van der Waals surface area (Å²) >= 11 is 0. The van der Waals surface area contributed by atoms with Crippen LogP contribution in [0, 0.1) is 0 Å². The van der Waals surface area contributed by atoms with E-state index >= 15 is 0 Å². The van der Waals surface area contributed by atoms with Crippen LogP contribution in [0.15, 0.2) is 30.3 Å². The zero-order valence-electron chi connectivity index (χ0n) is 13.7. The summed E-state index contributed by atoms with van der Waals surface area (Å²) in [5.74, 6) is -0.0887. The zero-order valence-corrected chi connectivity index (χ0v) is 13.7. The molecule has 124 valence electrons. The molecular formula is C17H23N3O3. The van der Waals surface area contributed by atoms with Crippen LogP contribution in [0.2, 0.25) is 0 Å². The topological polar surface area (TPSA) is 53.1 Å². The van der Waals surface area contributed by atoms with E-state index in [0.29, 0.717) is 26.1 Å². The van der Waals surface area contributed by atoms with E-state index in [1.807, 2.05) is 18.2 Å². The van der Waals surface area contributed by atoms with Gasteiger partial charge in [0, 0.05) is 40.3 Å². The number of hydrogen-bond donors (Lipinski definition) is 0. The van der Waals surface area contributed by atoms with Gasteiger partial charge in [-0.25, -0.2) is 4.79 Å². The lowest BCUT2D eigenvalue weighted by molar-refractivity contribution is -0.132. The molecule has 1 atom stereocenters. The van der Waals surface area contributed by atoms with Gasteiger partial charge in [0.1, 0.15) is 5.54 Å². The Morgan fingerprint density at radius 1 is 1.22 bits per heavy atom. The van der Waals surface area contributed by atoms with Gasteiger partial charge in [-0.2, -0.15) is 0 Å². The number of ether oxygens (including phenoxy) is 1. The Kier molecular flexibility index (Phi) is 4.37. The van der Waals surface area contributed by atoms with Crippen LogP contribution in [0.3, 0.4) is 0 Å². The number of imide groups is 1. The molecule has 6 nitrogen and oxygen atoms in total. The van der Waals surface area contributed by atoms with Crippen LogP contribution >= 0.6 is 0 Å². The van der Waals surface area contributed by atoms with E-state index in [-0.39, 0.29) is 11.9 Å². The van der Waals surface area contributed by atoms with Crippen molar-refractivity contribution >= 4 is 11.9 Å². The molecule has 0 aliphatic carbocycles. The van der Waals surface area contributed by atoms with Crippen molar-refractivity contribution in [2.45, 2.75) is 18.5 Å². The van der Waals surface area contributed by atoms with Crippen LogP contribution in [0.25, 0.3) is 0 Å². The van der Waals surface area contributed by atoms with Crippen molar-refractivity contribution in [3.8, 4) is 0 Å². The van der Waals surface area contributed by atoms with Crippen LogP contribution in [0.5, 0.6) is 0 Å². The minimum Gasteiger partial charge on any atom is -0.383 e. The molecule has 1 unspecified atom stereocenters. The Labute approximate surface area is 136 Å². The van der Waals surface area contributed by atoms with Gasteiger partial charge in [0.2, 0.25) is 0 Å². The second-order valence-corrected chi connectivity index (χ2v) is 6.27. The molecule has 0 aromatic heterocycles. The number of urea groups is 1. The number of hydrogen-bond acceptors (Lipinski definition) is 4. The molecule has 2 aliphatic heterocycles. The summed E-state index contributed by atoms with van der Waals surface area (Å²) in [6, 6.07) is 9.99. The van der Waals surface area contributed by atoms with Gasteiger partial charge in [-0.3, -0.25) is 14.6 Å². The molecule has 2 saturated heterocycles. The number of carbonyl (C=O) groups is 2. The maximum absolute atomic E-state index is 12.7. The SMILES string of the molecule is COCCN1C(=O)N(C)C(=O)C12CCN(Cc1ccccc1)C2. The molecule has 0 saturated carbocycles. The number of likely N-dealkylation sites (N-methyl/N-ethyl adjacent to an activating group) is 1. The molecule has 1 aromatic rings. The fourth-order valence-electron chi connectivity index (χ4n) is 3.61. The Balaban J connectivity index is 1.77. The van der Waals surface area contributed by atoms with Gasteiger partial charge < -0.3 is 9.64 Å². The third-order valence-corrected chi connectivity index (χ3v) is 4.83. The first kappa shape index (κ1) is 16.0. The van der Waals surface area contributed by atoms with Crippen molar-refractivity contribution in [2.24, 2.45) is 0 Å². The highest BCUT2D eigenvalue weighted by Gasteiger charge is 2.58. The standard InChI is InChI=1S/C17H23N3O3/c1-18-15(21)17(20(16(18)22)10-11-23-2)8-9-19(13-17)12-14-6-4-3-5-7-14/h3-7H,8-13H2,1-2H3. The monoisotopic (exact) mass is 317 g/mol. The average molecular weight is 317 g/mol. The molecule has 3 rings (SSSR count). The molecule has 3 amide bonds. The van der Waals surface area contributed by atoms with Gasteiger partial charge in [-0.05, 0) is 12.0 Å². The minimum atomic E-state index is -0.723. The lowest BCUT2D eigenvalue weighted by atomic mass is 9.97. The number of methoxy groups -OCH3 is 1. The molecular weight excluding hydrogens is 294 g/mol. The second-order valence-electron chi connectivity index (χ2n) is 6.27. The summed E-state index contributed by atoms with van der Waals surface area (Å²) < 4.78 is 5.11. The molecule has 0 bridgehead atoms. The van der Waals surface area contributed by atoms with Gasteiger partial charge >= 0.3 is 6.03 Å². The largest absolute Gasteiger partial charge is 0.383 e. The van der Waals surface area contributed by atoms with Crippen molar-refractivity contribution in [3.63, 3.8) is 0 Å². The van der Waals surface area contributed by atoms with Crippen LogP contribution in [-0.4, -0.2) is 72.6 Å². The molecule has 23 heavy (non-hydrogen) atoms. The predicted molar refractivity (Wildman–Crippen MR) is 85.8 cm³/mol. The van der Waals surface area contributed by atoms with Crippen LogP contribution < -0.4 is 0 Å². The molecule has 2 fully saturated rings. The predicted octanol–water partition coefficient (Wildman–Crippen LogP) is 1.17. The van der Waals surface area contributed by atoms with Crippen LogP contribution in [-0.2, 0) is 16.1 Å². The average Bonchev–Trinajstić information content (AvgIpc) is 3.05. The molecule has 6 heteroatoms. The van der Waals surface area contributed by atoms with E-state index in [2.05, 4.69) is 17.0 Å². The van der Waals surface area contributed by atoms with Gasteiger partial charge in [0.25, 0.3) is 5.91 Å². The van der Waals surface area contributed by atoms with Crippen LogP contribution in [0.4, 0.5) is 4.79 Å². The smallest absolute Gasteiger partial charge is 0.327 e. The maximum atomic E-state index is 12.7. The first-order valence-corrected chi connectivity index (χ1v) is 7.93. The highest BCUT2D eigenvalue weighted by molar-refractivity contribution is 6.07. The van der Waals surface area contributed by atoms with Crippen molar-refractivity contribution < 1.29 is 14.3 Å². The zero-order chi connectivity index (χ0) is 16.4. The summed E-state index contributed by atoms with van der Waals surface area (Å²) in [5.41, 5.74) is 0.497. The number of amides is 3. The van der Waals surface area contributed by atoms with Gasteiger partial charge in [-0.1, -0.05) is 30.3 Å². The quantitative estimate of drug-likeness (QED) is 0.765. The molecule has 0 radical (unpaired) electrons. The van der Waals surface area contributed by atoms with Crippen molar-refractivity contribution in [1.29, 1.82) is 0 Å². The fourth-order valence-corrected chi connectivity index (χ4v) is 3.61. The van der Waals surface area contributed by atoms with E-state index in [4.69, 9.17) is 4.74 Å². The number of nitrogens with zero attached hydrogens (tertiary/aromatic N) is 3. The summed E-state index contributed by atoms with van der Waals surface area (Å²) in [6.07, 6.45) is 0.679. The lowest BCUT2D eigenvalue weighted by Gasteiger charge is -2.31. The summed E-state index contributed by atoms with van der Waals surface area (Å²) in [6.45, 7) is 3.08. The van der Waals surface area contributed by atoms with Gasteiger partial charge in [0.05, 0.1) is 6.61 Å². The van der Waals surface area contributed by atoms with E-state index < -0.39 is 5.54 Å². The Bertz CT molecular complexity index is 592. The fraction of sp³-hybridized carbons (Fsp3) is 0.529. The van der Waals surface area contributed by atoms with E-state index in [9.17, 15) is 9.59 Å². The van der Waals surface area contributed by atoms with Gasteiger partial charge in [0.15, 0.2) is 0 Å². The van der Waals surface area contributed by atoms with E-state index in [0.717, 1.165) is 13.1 Å².